The molecular formula is C30H30N8O6. The van der Waals surface area contributed by atoms with Gasteiger partial charge in [-0.2, -0.15) is 0 Å². The summed E-state index contributed by atoms with van der Waals surface area (Å²) in [5.74, 6) is 1.89. The van der Waals surface area contributed by atoms with Crippen molar-refractivity contribution in [2.24, 2.45) is 0 Å². The molecule has 0 aliphatic rings. The van der Waals surface area contributed by atoms with Crippen LogP contribution in [0.2, 0.25) is 0 Å². The van der Waals surface area contributed by atoms with Gasteiger partial charge in [-0.15, -0.1) is 10.2 Å². The number of nitrogens with zero attached hydrogens (tertiary/aromatic N) is 6. The Morgan fingerprint density at radius 2 is 1.05 bits per heavy atom. The van der Waals surface area contributed by atoms with E-state index in [0.29, 0.717) is 45.8 Å². The van der Waals surface area contributed by atoms with Gasteiger partial charge in [0, 0.05) is 11.4 Å². The molecule has 0 saturated heterocycles. The van der Waals surface area contributed by atoms with E-state index in [0.717, 1.165) is 0 Å². The van der Waals surface area contributed by atoms with E-state index in [4.69, 9.17) is 18.9 Å². The van der Waals surface area contributed by atoms with Crippen molar-refractivity contribution in [2.45, 2.75) is 26.3 Å². The van der Waals surface area contributed by atoms with E-state index in [2.05, 4.69) is 31.3 Å². The second-order valence-electron chi connectivity index (χ2n) is 9.39. The SMILES string of the molecule is COc1ccc(NC(=O)Cn2cc(COc3ccccc3OCc3cn(CC(=O)Nc4ccc(OC)cc4)nn3)nn2)cc1. The topological polar surface area (TPSA) is 157 Å². The molecule has 5 aromatic rings. The normalized spacial score (nSPS) is 10.6. The van der Waals surface area contributed by atoms with Crippen LogP contribution in [0.1, 0.15) is 11.4 Å². The summed E-state index contributed by atoms with van der Waals surface area (Å²) in [5.41, 5.74) is 2.36. The Labute approximate surface area is 252 Å². The molecule has 2 amide bonds. The van der Waals surface area contributed by atoms with E-state index in [1.165, 1.54) is 9.36 Å². The molecule has 14 heteroatoms. The van der Waals surface area contributed by atoms with Gasteiger partial charge >= 0.3 is 0 Å². The van der Waals surface area contributed by atoms with Gasteiger partial charge in [-0.05, 0) is 60.7 Å². The van der Waals surface area contributed by atoms with E-state index >= 15 is 0 Å². The lowest BCUT2D eigenvalue weighted by Gasteiger charge is -2.11. The summed E-state index contributed by atoms with van der Waals surface area (Å²) >= 11 is 0. The van der Waals surface area contributed by atoms with Crippen molar-refractivity contribution in [3.63, 3.8) is 0 Å². The Morgan fingerprint density at radius 1 is 0.636 bits per heavy atom. The highest BCUT2D eigenvalue weighted by Crippen LogP contribution is 2.28. The second-order valence-corrected chi connectivity index (χ2v) is 9.39. The molecule has 0 aliphatic carbocycles. The van der Waals surface area contributed by atoms with E-state index in [9.17, 15) is 9.59 Å². The molecule has 0 aliphatic heterocycles. The first-order chi connectivity index (χ1) is 21.5. The molecule has 2 N–H and O–H groups in total. The van der Waals surface area contributed by atoms with E-state index < -0.39 is 0 Å². The lowest BCUT2D eigenvalue weighted by atomic mass is 10.3. The number of aromatic nitrogens is 6. The number of benzene rings is 3. The summed E-state index contributed by atoms with van der Waals surface area (Å²) in [4.78, 5) is 24.8. The summed E-state index contributed by atoms with van der Waals surface area (Å²) in [6.07, 6.45) is 3.28. The molecule has 14 nitrogen and oxygen atoms in total. The summed E-state index contributed by atoms with van der Waals surface area (Å²) < 4.78 is 25.0. The molecule has 3 aromatic carbocycles. The maximum Gasteiger partial charge on any atom is 0.246 e. The van der Waals surface area contributed by atoms with Crippen LogP contribution in [0.3, 0.4) is 0 Å². The van der Waals surface area contributed by atoms with Crippen molar-refractivity contribution in [3.05, 3.63) is 96.6 Å². The molecule has 0 saturated carbocycles. The van der Waals surface area contributed by atoms with Gasteiger partial charge < -0.3 is 29.6 Å². The van der Waals surface area contributed by atoms with Crippen LogP contribution in [0.5, 0.6) is 23.0 Å². The van der Waals surface area contributed by atoms with Crippen molar-refractivity contribution in [3.8, 4) is 23.0 Å². The van der Waals surface area contributed by atoms with Crippen molar-refractivity contribution >= 4 is 23.2 Å². The third-order valence-electron chi connectivity index (χ3n) is 6.13. The quantitative estimate of drug-likeness (QED) is 0.194. The number of ether oxygens (including phenoxy) is 4. The van der Waals surface area contributed by atoms with Crippen molar-refractivity contribution < 1.29 is 28.5 Å². The van der Waals surface area contributed by atoms with Crippen molar-refractivity contribution in [1.29, 1.82) is 0 Å². The van der Waals surface area contributed by atoms with Crippen molar-refractivity contribution in [2.75, 3.05) is 24.9 Å². The van der Waals surface area contributed by atoms with Crippen LogP contribution in [0.4, 0.5) is 11.4 Å². The largest absolute Gasteiger partial charge is 0.497 e. The van der Waals surface area contributed by atoms with Crippen LogP contribution in [0.25, 0.3) is 0 Å². The van der Waals surface area contributed by atoms with Gasteiger partial charge in [0.05, 0.1) is 26.6 Å². The molecule has 0 fully saturated rings. The number of rotatable bonds is 14. The first-order valence-electron chi connectivity index (χ1n) is 13.5. The maximum absolute atomic E-state index is 12.4. The van der Waals surface area contributed by atoms with E-state index in [-0.39, 0.29) is 38.1 Å². The number of amides is 2. The first-order valence-corrected chi connectivity index (χ1v) is 13.5. The number of carbonyl (C=O) groups is 2. The van der Waals surface area contributed by atoms with Gasteiger partial charge in [0.25, 0.3) is 0 Å². The molecule has 0 spiro atoms. The third-order valence-corrected chi connectivity index (χ3v) is 6.13. The number of para-hydroxylation sites is 2. The highest BCUT2D eigenvalue weighted by molar-refractivity contribution is 5.91. The summed E-state index contributed by atoms with van der Waals surface area (Å²) in [6.45, 7) is 0.199. The number of nitrogens with one attached hydrogen (secondary N) is 2. The van der Waals surface area contributed by atoms with Gasteiger partial charge in [-0.3, -0.25) is 9.59 Å². The molecule has 226 valence electrons. The van der Waals surface area contributed by atoms with E-state index in [1.807, 2.05) is 12.1 Å². The zero-order chi connectivity index (χ0) is 30.7. The minimum Gasteiger partial charge on any atom is -0.497 e. The molecular weight excluding hydrogens is 568 g/mol. The fourth-order valence-electron chi connectivity index (χ4n) is 4.00. The molecule has 0 unspecified atom stereocenters. The smallest absolute Gasteiger partial charge is 0.246 e. The number of anilines is 2. The molecule has 5 rings (SSSR count). The number of hydrogen-bond acceptors (Lipinski definition) is 10. The van der Waals surface area contributed by atoms with Crippen LogP contribution in [-0.4, -0.2) is 56.0 Å². The lowest BCUT2D eigenvalue weighted by Crippen LogP contribution is -2.19. The third kappa shape index (κ3) is 8.31. The monoisotopic (exact) mass is 598 g/mol. The minimum absolute atomic E-state index is 0.0114. The average Bonchev–Trinajstić information content (AvgIpc) is 3.69. The highest BCUT2D eigenvalue weighted by Gasteiger charge is 2.12. The summed E-state index contributed by atoms with van der Waals surface area (Å²) in [5, 5.41) is 21.8. The molecule has 0 bridgehead atoms. The Morgan fingerprint density at radius 3 is 1.43 bits per heavy atom. The van der Waals surface area contributed by atoms with Crippen LogP contribution in [0.15, 0.2) is 85.2 Å². The number of hydrogen-bond donors (Lipinski definition) is 2. The Bertz CT molecular complexity index is 1560. The zero-order valence-corrected chi connectivity index (χ0v) is 24.0. The van der Waals surface area contributed by atoms with E-state index in [1.54, 1.807) is 87.3 Å². The summed E-state index contributed by atoms with van der Waals surface area (Å²) in [7, 11) is 3.16. The molecule has 2 heterocycles. The maximum atomic E-state index is 12.4. The number of methoxy groups -OCH3 is 2. The van der Waals surface area contributed by atoms with Crippen molar-refractivity contribution in [1.82, 2.24) is 30.0 Å². The zero-order valence-electron chi connectivity index (χ0n) is 24.0. The minimum atomic E-state index is -0.249. The summed E-state index contributed by atoms with van der Waals surface area (Å²) in [6, 6.07) is 21.2. The standard InChI is InChI=1S/C30H30N8O6/c1-41-25-11-7-21(8-12-25)31-29(39)17-37-15-23(33-35-37)19-43-27-5-3-4-6-28(27)44-20-24-16-38(36-34-24)18-30(40)32-22-9-13-26(42-2)14-10-22/h3-16H,17-20H2,1-2H3,(H,31,39)(H,32,40). The Balaban J connectivity index is 1.08. The van der Waals surface area contributed by atoms with Gasteiger partial charge in [0.2, 0.25) is 11.8 Å². The highest BCUT2D eigenvalue weighted by atomic mass is 16.5. The predicted molar refractivity (Wildman–Crippen MR) is 158 cm³/mol. The van der Waals surface area contributed by atoms with Crippen LogP contribution >= 0.6 is 0 Å². The average molecular weight is 599 g/mol. The molecule has 44 heavy (non-hydrogen) atoms. The van der Waals surface area contributed by atoms with Crippen LogP contribution in [-0.2, 0) is 35.9 Å². The Kier molecular flexibility index (Phi) is 9.62. The van der Waals surface area contributed by atoms with Gasteiger partial charge in [-0.25, -0.2) is 9.36 Å². The Hall–Kier alpha value is -5.92. The number of carbonyl (C=O) groups excluding carboxylic acids is 2. The molecule has 2 aromatic heterocycles. The van der Waals surface area contributed by atoms with Gasteiger partial charge in [0.1, 0.15) is 49.2 Å². The first kappa shape index (κ1) is 29.6. The van der Waals surface area contributed by atoms with Gasteiger partial charge in [0.15, 0.2) is 11.5 Å². The van der Waals surface area contributed by atoms with Gasteiger partial charge in [-0.1, -0.05) is 22.6 Å². The van der Waals surface area contributed by atoms with Crippen LogP contribution < -0.4 is 29.6 Å². The molecule has 0 radical (unpaired) electrons. The molecule has 0 atom stereocenters. The van der Waals surface area contributed by atoms with Crippen LogP contribution in [0, 0.1) is 0 Å². The fraction of sp³-hybridized carbons (Fsp3) is 0.200. The fourth-order valence-corrected chi connectivity index (χ4v) is 4.00. The second kappa shape index (κ2) is 14.3. The lowest BCUT2D eigenvalue weighted by molar-refractivity contribution is -0.117. The predicted octanol–water partition coefficient (Wildman–Crippen LogP) is 3.32.